The lowest BCUT2D eigenvalue weighted by Gasteiger charge is -2.24. The van der Waals surface area contributed by atoms with Gasteiger partial charge in [0, 0.05) is 18.4 Å². The van der Waals surface area contributed by atoms with Crippen molar-refractivity contribution in [3.63, 3.8) is 0 Å². The van der Waals surface area contributed by atoms with E-state index in [4.69, 9.17) is 4.74 Å². The Bertz CT molecular complexity index is 554. The molecule has 98 valence electrons. The summed E-state index contributed by atoms with van der Waals surface area (Å²) >= 11 is 0. The Morgan fingerprint density at radius 3 is 2.74 bits per heavy atom. The van der Waals surface area contributed by atoms with Gasteiger partial charge in [-0.1, -0.05) is 24.3 Å². The van der Waals surface area contributed by atoms with Crippen molar-refractivity contribution in [3.05, 3.63) is 42.1 Å². The second-order valence-electron chi connectivity index (χ2n) is 4.72. The number of ether oxygens (including phenoxy) is 1. The fourth-order valence-corrected chi connectivity index (χ4v) is 2.42. The molecule has 4 heteroatoms. The van der Waals surface area contributed by atoms with Crippen LogP contribution in [-0.2, 0) is 4.74 Å². The van der Waals surface area contributed by atoms with Crippen LogP contribution in [0.1, 0.15) is 35.8 Å². The Morgan fingerprint density at radius 1 is 1.21 bits per heavy atom. The van der Waals surface area contributed by atoms with Crippen molar-refractivity contribution in [2.75, 3.05) is 6.61 Å². The molecule has 2 heterocycles. The van der Waals surface area contributed by atoms with Gasteiger partial charge >= 0.3 is 0 Å². The second-order valence-corrected chi connectivity index (χ2v) is 4.72. The quantitative estimate of drug-likeness (QED) is 0.793. The third kappa shape index (κ3) is 2.44. The highest BCUT2D eigenvalue weighted by Crippen LogP contribution is 2.28. The first-order valence-corrected chi connectivity index (χ1v) is 6.59. The maximum absolute atomic E-state index is 10.7. The van der Waals surface area contributed by atoms with Crippen LogP contribution in [0.4, 0.5) is 0 Å². The minimum atomic E-state index is 0.0319. The third-order valence-electron chi connectivity index (χ3n) is 3.44. The number of hydrogen-bond acceptors (Lipinski definition) is 3. The van der Waals surface area contributed by atoms with Crippen LogP contribution in [-0.4, -0.2) is 22.7 Å². The molecule has 0 amide bonds. The van der Waals surface area contributed by atoms with E-state index in [0.717, 1.165) is 37.0 Å². The molecule has 1 saturated heterocycles. The summed E-state index contributed by atoms with van der Waals surface area (Å²) in [6, 6.07) is 9.51. The third-order valence-corrected chi connectivity index (χ3v) is 3.44. The highest BCUT2D eigenvalue weighted by atomic mass is 16.5. The minimum absolute atomic E-state index is 0.0319. The van der Waals surface area contributed by atoms with Gasteiger partial charge in [-0.25, -0.2) is 4.68 Å². The summed E-state index contributed by atoms with van der Waals surface area (Å²) in [5, 5.41) is 4.38. The van der Waals surface area contributed by atoms with E-state index in [1.807, 2.05) is 35.0 Å². The van der Waals surface area contributed by atoms with Crippen molar-refractivity contribution in [1.29, 1.82) is 0 Å². The largest absolute Gasteiger partial charge is 0.356 e. The molecule has 3 rings (SSSR count). The van der Waals surface area contributed by atoms with Crippen LogP contribution < -0.4 is 0 Å². The summed E-state index contributed by atoms with van der Waals surface area (Å²) in [5.41, 5.74) is 2.77. The van der Waals surface area contributed by atoms with Crippen LogP contribution in [0.3, 0.4) is 0 Å². The monoisotopic (exact) mass is 256 g/mol. The minimum Gasteiger partial charge on any atom is -0.356 e. The van der Waals surface area contributed by atoms with Crippen LogP contribution in [0.15, 0.2) is 36.5 Å². The van der Waals surface area contributed by atoms with Crippen molar-refractivity contribution < 1.29 is 9.53 Å². The van der Waals surface area contributed by atoms with E-state index in [0.29, 0.717) is 5.56 Å². The lowest BCUT2D eigenvalue weighted by Crippen LogP contribution is -2.19. The molecule has 1 unspecified atom stereocenters. The van der Waals surface area contributed by atoms with E-state index in [-0.39, 0.29) is 6.23 Å². The molecule has 1 aliphatic heterocycles. The van der Waals surface area contributed by atoms with Crippen LogP contribution in [0.5, 0.6) is 0 Å². The highest BCUT2D eigenvalue weighted by Gasteiger charge is 2.19. The maximum Gasteiger partial charge on any atom is 0.150 e. The fourth-order valence-electron chi connectivity index (χ4n) is 2.42. The number of hydrogen-bond donors (Lipinski definition) is 0. The lowest BCUT2D eigenvalue weighted by atomic mass is 10.1. The van der Waals surface area contributed by atoms with E-state index < -0.39 is 0 Å². The summed E-state index contributed by atoms with van der Waals surface area (Å²) in [4.78, 5) is 10.7. The van der Waals surface area contributed by atoms with Gasteiger partial charge < -0.3 is 4.74 Å². The van der Waals surface area contributed by atoms with Gasteiger partial charge in [-0.05, 0) is 30.9 Å². The Kier molecular flexibility index (Phi) is 3.42. The Hall–Kier alpha value is -1.94. The smallest absolute Gasteiger partial charge is 0.150 e. The van der Waals surface area contributed by atoms with Crippen molar-refractivity contribution in [2.24, 2.45) is 0 Å². The summed E-state index contributed by atoms with van der Waals surface area (Å²) < 4.78 is 7.71. The molecule has 0 aliphatic carbocycles. The van der Waals surface area contributed by atoms with Crippen molar-refractivity contribution in [1.82, 2.24) is 9.78 Å². The number of carbonyl (C=O) groups excluding carboxylic acids is 1. The summed E-state index contributed by atoms with van der Waals surface area (Å²) in [5.74, 6) is 0. The zero-order chi connectivity index (χ0) is 13.1. The van der Waals surface area contributed by atoms with Crippen molar-refractivity contribution >= 4 is 6.29 Å². The summed E-state index contributed by atoms with van der Waals surface area (Å²) in [7, 11) is 0. The van der Waals surface area contributed by atoms with Crippen LogP contribution >= 0.6 is 0 Å². The average Bonchev–Trinajstić information content (AvgIpc) is 2.98. The van der Waals surface area contributed by atoms with Gasteiger partial charge in [0.15, 0.2) is 6.23 Å². The molecule has 1 aromatic heterocycles. The molecule has 1 fully saturated rings. The summed E-state index contributed by atoms with van der Waals surface area (Å²) in [6.07, 6.45) is 5.98. The SMILES string of the molecule is O=Cc1ccc(-c2ccnn2C2CCCCO2)cc1. The molecule has 0 radical (unpaired) electrons. The first kappa shape index (κ1) is 12.1. The number of benzene rings is 1. The Morgan fingerprint density at radius 2 is 2.05 bits per heavy atom. The number of nitrogens with zero attached hydrogens (tertiary/aromatic N) is 2. The molecule has 0 saturated carbocycles. The molecule has 2 aromatic rings. The van der Waals surface area contributed by atoms with Gasteiger partial charge in [0.25, 0.3) is 0 Å². The Balaban J connectivity index is 1.91. The predicted molar refractivity (Wildman–Crippen MR) is 71.9 cm³/mol. The highest BCUT2D eigenvalue weighted by molar-refractivity contribution is 5.76. The van der Waals surface area contributed by atoms with E-state index >= 15 is 0 Å². The van der Waals surface area contributed by atoms with Gasteiger partial charge in [0.05, 0.1) is 5.69 Å². The zero-order valence-corrected chi connectivity index (χ0v) is 10.7. The van der Waals surface area contributed by atoms with Crippen molar-refractivity contribution in [2.45, 2.75) is 25.5 Å². The molecule has 0 N–H and O–H groups in total. The van der Waals surface area contributed by atoms with E-state index in [1.165, 1.54) is 6.42 Å². The van der Waals surface area contributed by atoms with Gasteiger partial charge in [0.2, 0.25) is 0 Å². The number of carbonyl (C=O) groups is 1. The molecular formula is C15H16N2O2. The van der Waals surface area contributed by atoms with Gasteiger partial charge in [0.1, 0.15) is 6.29 Å². The first-order chi connectivity index (χ1) is 9.38. The van der Waals surface area contributed by atoms with E-state index in [2.05, 4.69) is 5.10 Å². The number of rotatable bonds is 3. The Labute approximate surface area is 112 Å². The number of aromatic nitrogens is 2. The summed E-state index contributed by atoms with van der Waals surface area (Å²) in [6.45, 7) is 0.800. The molecular weight excluding hydrogens is 240 g/mol. The molecule has 19 heavy (non-hydrogen) atoms. The maximum atomic E-state index is 10.7. The molecule has 1 aliphatic rings. The van der Waals surface area contributed by atoms with Gasteiger partial charge in [-0.15, -0.1) is 0 Å². The molecule has 0 bridgehead atoms. The zero-order valence-electron chi connectivity index (χ0n) is 10.7. The van der Waals surface area contributed by atoms with Gasteiger partial charge in [-0.3, -0.25) is 4.79 Å². The molecule has 1 aromatic carbocycles. The number of aldehydes is 1. The van der Waals surface area contributed by atoms with E-state index in [9.17, 15) is 4.79 Å². The standard InChI is InChI=1S/C15H16N2O2/c18-11-12-4-6-13(7-5-12)14-8-9-16-17(14)15-3-1-2-10-19-15/h4-9,11,15H,1-3,10H2. The van der Waals surface area contributed by atoms with E-state index in [1.54, 1.807) is 6.20 Å². The second kappa shape index (κ2) is 5.36. The van der Waals surface area contributed by atoms with Crippen LogP contribution in [0.2, 0.25) is 0 Å². The fraction of sp³-hybridized carbons (Fsp3) is 0.333. The average molecular weight is 256 g/mol. The molecule has 4 nitrogen and oxygen atoms in total. The van der Waals surface area contributed by atoms with Crippen LogP contribution in [0, 0.1) is 0 Å². The van der Waals surface area contributed by atoms with Gasteiger partial charge in [-0.2, -0.15) is 5.10 Å². The van der Waals surface area contributed by atoms with Crippen LogP contribution in [0.25, 0.3) is 11.3 Å². The van der Waals surface area contributed by atoms with Crippen molar-refractivity contribution in [3.8, 4) is 11.3 Å². The predicted octanol–water partition coefficient (Wildman–Crippen LogP) is 3.06. The first-order valence-electron chi connectivity index (χ1n) is 6.59. The lowest BCUT2D eigenvalue weighted by molar-refractivity contribution is -0.0383. The molecule has 1 atom stereocenters. The topological polar surface area (TPSA) is 44.1 Å². The normalized spacial score (nSPS) is 19.3. The molecule has 0 spiro atoms.